The molecule has 1 aliphatic heterocycles. The van der Waals surface area contributed by atoms with E-state index < -0.39 is 17.9 Å². The molecule has 2 aromatic rings. The van der Waals surface area contributed by atoms with Gasteiger partial charge in [-0.1, -0.05) is 12.1 Å². The van der Waals surface area contributed by atoms with Gasteiger partial charge in [-0.2, -0.15) is 0 Å². The number of carbonyl (C=O) groups excluding carboxylic acids is 3. The van der Waals surface area contributed by atoms with Crippen molar-refractivity contribution in [3.63, 3.8) is 0 Å². The minimum Gasteiger partial charge on any atom is -0.454 e. The van der Waals surface area contributed by atoms with E-state index in [1.807, 2.05) is 0 Å². The maximum atomic E-state index is 12.0. The van der Waals surface area contributed by atoms with Crippen LogP contribution in [0.4, 0.5) is 11.4 Å². The van der Waals surface area contributed by atoms with Gasteiger partial charge in [0.1, 0.15) is 0 Å². The number of benzene rings is 2. The first-order valence-electron chi connectivity index (χ1n) is 8.97. The number of hydrogen-bond acceptors (Lipinski definition) is 6. The van der Waals surface area contributed by atoms with Crippen molar-refractivity contribution in [3.8, 4) is 11.5 Å². The van der Waals surface area contributed by atoms with Gasteiger partial charge in [0, 0.05) is 24.8 Å². The van der Waals surface area contributed by atoms with E-state index in [4.69, 9.17) is 9.47 Å². The van der Waals surface area contributed by atoms with Crippen LogP contribution < -0.4 is 25.4 Å². The summed E-state index contributed by atoms with van der Waals surface area (Å²) in [6, 6.07) is 11.5. The van der Waals surface area contributed by atoms with E-state index in [1.165, 1.54) is 13.0 Å². The molecule has 3 rings (SSSR count). The fraction of sp³-hybridized carbons (Fsp3) is 0.250. The highest BCUT2D eigenvalue weighted by molar-refractivity contribution is 6.39. The number of aliphatic hydroxyl groups excluding tert-OH is 1. The van der Waals surface area contributed by atoms with Gasteiger partial charge in [-0.25, -0.2) is 0 Å². The summed E-state index contributed by atoms with van der Waals surface area (Å²) in [7, 11) is 0. The Kier molecular flexibility index (Phi) is 6.30. The van der Waals surface area contributed by atoms with Gasteiger partial charge >= 0.3 is 11.8 Å². The van der Waals surface area contributed by atoms with Gasteiger partial charge in [-0.15, -0.1) is 0 Å². The average Bonchev–Trinajstić information content (AvgIpc) is 3.15. The molecule has 29 heavy (non-hydrogen) atoms. The number of carbonyl (C=O) groups is 3. The normalized spacial score (nSPS) is 12.8. The molecule has 1 unspecified atom stereocenters. The molecule has 9 heteroatoms. The van der Waals surface area contributed by atoms with E-state index in [1.54, 1.807) is 36.4 Å². The highest BCUT2D eigenvalue weighted by Gasteiger charge is 2.18. The van der Waals surface area contributed by atoms with Gasteiger partial charge in [0.2, 0.25) is 12.7 Å². The van der Waals surface area contributed by atoms with Gasteiger partial charge in [0.25, 0.3) is 0 Å². The van der Waals surface area contributed by atoms with Crippen LogP contribution in [-0.4, -0.2) is 36.2 Å². The lowest BCUT2D eigenvalue weighted by Gasteiger charge is -2.12. The lowest BCUT2D eigenvalue weighted by atomic mass is 10.1. The number of amides is 3. The van der Waals surface area contributed by atoms with Crippen molar-refractivity contribution in [2.45, 2.75) is 19.4 Å². The Morgan fingerprint density at radius 2 is 1.72 bits per heavy atom. The molecule has 0 saturated heterocycles. The van der Waals surface area contributed by atoms with Crippen LogP contribution >= 0.6 is 0 Å². The molecular formula is C20H21N3O6. The van der Waals surface area contributed by atoms with Crippen LogP contribution in [0.5, 0.6) is 11.5 Å². The predicted molar refractivity (Wildman–Crippen MR) is 105 cm³/mol. The first-order valence-corrected chi connectivity index (χ1v) is 8.97. The monoisotopic (exact) mass is 399 g/mol. The van der Waals surface area contributed by atoms with Crippen LogP contribution in [0.1, 0.15) is 25.0 Å². The van der Waals surface area contributed by atoms with E-state index >= 15 is 0 Å². The maximum Gasteiger partial charge on any atom is 0.313 e. The molecule has 1 heterocycles. The molecule has 1 aliphatic rings. The summed E-state index contributed by atoms with van der Waals surface area (Å²) in [6.45, 7) is 1.62. The quantitative estimate of drug-likeness (QED) is 0.546. The SMILES string of the molecule is CC(=O)Nc1cccc(NC(=O)C(=O)NCCC(O)c2ccc3c(c2)OCO3)c1. The fourth-order valence-corrected chi connectivity index (χ4v) is 2.76. The maximum absolute atomic E-state index is 12.0. The minimum atomic E-state index is -0.845. The van der Waals surface area contributed by atoms with E-state index in [9.17, 15) is 19.5 Å². The lowest BCUT2D eigenvalue weighted by Crippen LogP contribution is -2.36. The molecule has 0 aromatic heterocycles. The van der Waals surface area contributed by atoms with Crippen molar-refractivity contribution in [2.75, 3.05) is 24.0 Å². The van der Waals surface area contributed by atoms with Crippen LogP contribution in [0.2, 0.25) is 0 Å². The van der Waals surface area contributed by atoms with Crippen molar-refractivity contribution >= 4 is 29.1 Å². The number of hydrogen-bond donors (Lipinski definition) is 4. The highest BCUT2D eigenvalue weighted by atomic mass is 16.7. The molecule has 0 saturated carbocycles. The van der Waals surface area contributed by atoms with Crippen molar-refractivity contribution in [1.29, 1.82) is 0 Å². The minimum absolute atomic E-state index is 0.105. The third-order valence-corrected chi connectivity index (χ3v) is 4.13. The second kappa shape index (κ2) is 9.07. The summed E-state index contributed by atoms with van der Waals surface area (Å²) in [4.78, 5) is 35.1. The Hall–Kier alpha value is -3.59. The van der Waals surface area contributed by atoms with Crippen LogP contribution in [0.15, 0.2) is 42.5 Å². The molecule has 9 nitrogen and oxygen atoms in total. The standard InChI is InChI=1S/C20H21N3O6/c1-12(24)22-14-3-2-4-15(10-14)23-20(27)19(26)21-8-7-16(25)13-5-6-17-18(9-13)29-11-28-17/h2-6,9-10,16,25H,7-8,11H2,1H3,(H,21,26)(H,22,24)(H,23,27). The molecule has 0 radical (unpaired) electrons. The zero-order valence-corrected chi connectivity index (χ0v) is 15.7. The van der Waals surface area contributed by atoms with Gasteiger partial charge in [-0.3, -0.25) is 14.4 Å². The summed E-state index contributed by atoms with van der Waals surface area (Å²) >= 11 is 0. The Morgan fingerprint density at radius 3 is 2.48 bits per heavy atom. The molecule has 4 N–H and O–H groups in total. The van der Waals surface area contributed by atoms with Gasteiger partial charge in [0.15, 0.2) is 11.5 Å². The topological polar surface area (TPSA) is 126 Å². The van der Waals surface area contributed by atoms with Crippen molar-refractivity contribution in [3.05, 3.63) is 48.0 Å². The number of nitrogens with one attached hydrogen (secondary N) is 3. The van der Waals surface area contributed by atoms with Gasteiger partial charge in [0.05, 0.1) is 6.10 Å². The Balaban J connectivity index is 1.46. The van der Waals surface area contributed by atoms with Crippen molar-refractivity contribution in [1.82, 2.24) is 5.32 Å². The summed E-state index contributed by atoms with van der Waals surface area (Å²) in [5.74, 6) is -0.734. The Morgan fingerprint density at radius 1 is 1.00 bits per heavy atom. The van der Waals surface area contributed by atoms with E-state index in [0.29, 0.717) is 28.4 Å². The molecular weight excluding hydrogens is 378 g/mol. The van der Waals surface area contributed by atoms with Crippen LogP contribution in [0.25, 0.3) is 0 Å². The number of fused-ring (bicyclic) bond motifs is 1. The largest absolute Gasteiger partial charge is 0.454 e. The summed E-state index contributed by atoms with van der Waals surface area (Å²) in [5.41, 5.74) is 1.50. The summed E-state index contributed by atoms with van der Waals surface area (Å²) < 4.78 is 10.5. The number of anilines is 2. The lowest BCUT2D eigenvalue weighted by molar-refractivity contribution is -0.136. The van der Waals surface area contributed by atoms with Crippen LogP contribution in [-0.2, 0) is 14.4 Å². The Labute approximate surface area is 167 Å². The van der Waals surface area contributed by atoms with E-state index in [2.05, 4.69) is 16.0 Å². The fourth-order valence-electron chi connectivity index (χ4n) is 2.76. The van der Waals surface area contributed by atoms with E-state index in [0.717, 1.165) is 0 Å². The second-order valence-corrected chi connectivity index (χ2v) is 6.39. The predicted octanol–water partition coefficient (Wildman–Crippen LogP) is 1.55. The zero-order valence-electron chi connectivity index (χ0n) is 15.7. The smallest absolute Gasteiger partial charge is 0.313 e. The van der Waals surface area contributed by atoms with Crippen LogP contribution in [0.3, 0.4) is 0 Å². The molecule has 2 aromatic carbocycles. The van der Waals surface area contributed by atoms with Crippen LogP contribution in [0, 0.1) is 0 Å². The molecule has 0 bridgehead atoms. The highest BCUT2D eigenvalue weighted by Crippen LogP contribution is 2.34. The molecule has 0 spiro atoms. The summed E-state index contributed by atoms with van der Waals surface area (Å²) in [5, 5.41) is 17.8. The van der Waals surface area contributed by atoms with Gasteiger partial charge in [-0.05, 0) is 42.3 Å². The Bertz CT molecular complexity index is 930. The molecule has 152 valence electrons. The molecule has 1 atom stereocenters. The molecule has 3 amide bonds. The second-order valence-electron chi connectivity index (χ2n) is 6.39. The number of aliphatic hydroxyl groups is 1. The third kappa shape index (κ3) is 5.45. The zero-order chi connectivity index (χ0) is 20.8. The van der Waals surface area contributed by atoms with Crippen molar-refractivity contribution in [2.24, 2.45) is 0 Å². The molecule has 0 aliphatic carbocycles. The van der Waals surface area contributed by atoms with Crippen molar-refractivity contribution < 1.29 is 29.0 Å². The van der Waals surface area contributed by atoms with Gasteiger partial charge < -0.3 is 30.5 Å². The number of ether oxygens (including phenoxy) is 2. The average molecular weight is 399 g/mol. The first-order chi connectivity index (χ1) is 13.9. The summed E-state index contributed by atoms with van der Waals surface area (Å²) in [6.07, 6.45) is -0.612. The third-order valence-electron chi connectivity index (χ3n) is 4.13. The van der Waals surface area contributed by atoms with E-state index in [-0.39, 0.29) is 25.7 Å². The molecule has 0 fully saturated rings. The number of rotatable bonds is 6. The first kappa shape index (κ1) is 20.2.